The van der Waals surface area contributed by atoms with Gasteiger partial charge in [-0.1, -0.05) is 42.5 Å². The highest BCUT2D eigenvalue weighted by atomic mass is 16.5. The molecule has 6 heteroatoms. The van der Waals surface area contributed by atoms with Gasteiger partial charge in [-0.2, -0.15) is 5.10 Å². The topological polar surface area (TPSA) is 67.5 Å². The summed E-state index contributed by atoms with van der Waals surface area (Å²) in [6.45, 7) is 5.13. The number of fused-ring (bicyclic) bond motifs is 1. The number of rotatable bonds is 6. The minimum atomic E-state index is -0.351. The van der Waals surface area contributed by atoms with E-state index in [1.165, 1.54) is 16.3 Å². The lowest BCUT2D eigenvalue weighted by Crippen LogP contribution is -2.43. The van der Waals surface area contributed by atoms with Crippen LogP contribution < -0.4 is 0 Å². The molecule has 28 heavy (non-hydrogen) atoms. The highest BCUT2D eigenvalue weighted by molar-refractivity contribution is 5.88. The molecule has 1 aromatic heterocycles. The molecule has 0 unspecified atom stereocenters. The second-order valence-corrected chi connectivity index (χ2v) is 7.06. The monoisotopic (exact) mass is 379 g/mol. The van der Waals surface area contributed by atoms with Crippen LogP contribution in [0.3, 0.4) is 0 Å². The van der Waals surface area contributed by atoms with Gasteiger partial charge in [-0.05, 0) is 23.3 Å². The van der Waals surface area contributed by atoms with E-state index >= 15 is 0 Å². The van der Waals surface area contributed by atoms with Crippen molar-refractivity contribution in [1.29, 1.82) is 0 Å². The van der Waals surface area contributed by atoms with Crippen molar-refractivity contribution in [2.45, 2.75) is 26.0 Å². The second-order valence-electron chi connectivity index (χ2n) is 7.06. The molecule has 0 spiro atoms. The van der Waals surface area contributed by atoms with Gasteiger partial charge in [0, 0.05) is 31.6 Å². The highest BCUT2D eigenvalue weighted by Crippen LogP contribution is 2.22. The molecule has 1 aliphatic heterocycles. The zero-order valence-corrected chi connectivity index (χ0v) is 16.1. The van der Waals surface area contributed by atoms with Gasteiger partial charge in [-0.15, -0.1) is 0 Å². The van der Waals surface area contributed by atoms with E-state index in [4.69, 9.17) is 9.47 Å². The third kappa shape index (κ3) is 4.08. The van der Waals surface area contributed by atoms with Crippen LogP contribution in [0.1, 0.15) is 28.5 Å². The Hall–Kier alpha value is -2.70. The molecule has 3 aromatic rings. The number of hydrogen-bond acceptors (Lipinski definition) is 5. The van der Waals surface area contributed by atoms with Crippen LogP contribution in [-0.2, 0) is 22.4 Å². The molecule has 1 saturated heterocycles. The highest BCUT2D eigenvalue weighted by Gasteiger charge is 2.24. The van der Waals surface area contributed by atoms with Crippen LogP contribution >= 0.6 is 0 Å². The molecular formula is C22H25N3O3. The van der Waals surface area contributed by atoms with Gasteiger partial charge in [-0.25, -0.2) is 4.79 Å². The van der Waals surface area contributed by atoms with E-state index in [1.807, 2.05) is 0 Å². The van der Waals surface area contributed by atoms with E-state index in [0.717, 1.165) is 25.1 Å². The Morgan fingerprint density at radius 3 is 3.00 bits per heavy atom. The van der Waals surface area contributed by atoms with Crippen molar-refractivity contribution in [2.75, 3.05) is 26.3 Å². The zero-order chi connectivity index (χ0) is 19.3. The molecule has 146 valence electrons. The van der Waals surface area contributed by atoms with Crippen molar-refractivity contribution < 1.29 is 14.3 Å². The quantitative estimate of drug-likeness (QED) is 0.666. The molecule has 2 aromatic carbocycles. The number of H-pyrrole nitrogens is 1. The number of aromatic amines is 1. The van der Waals surface area contributed by atoms with Gasteiger partial charge in [0.05, 0.1) is 25.5 Å². The van der Waals surface area contributed by atoms with Crippen molar-refractivity contribution in [3.8, 4) is 0 Å². The van der Waals surface area contributed by atoms with Gasteiger partial charge in [0.1, 0.15) is 5.69 Å². The predicted molar refractivity (Wildman–Crippen MR) is 107 cm³/mol. The van der Waals surface area contributed by atoms with Gasteiger partial charge >= 0.3 is 5.97 Å². The molecule has 0 saturated carbocycles. The molecule has 0 radical (unpaired) electrons. The Morgan fingerprint density at radius 1 is 1.25 bits per heavy atom. The summed E-state index contributed by atoms with van der Waals surface area (Å²) in [6.07, 6.45) is 2.70. The van der Waals surface area contributed by atoms with Gasteiger partial charge in [0.15, 0.2) is 0 Å². The zero-order valence-electron chi connectivity index (χ0n) is 16.1. The molecule has 0 aliphatic carbocycles. The van der Waals surface area contributed by atoms with Crippen LogP contribution in [0, 0.1) is 0 Å². The lowest BCUT2D eigenvalue weighted by Gasteiger charge is -2.33. The molecule has 4 rings (SSSR count). The van der Waals surface area contributed by atoms with Crippen LogP contribution in [0.2, 0.25) is 0 Å². The van der Waals surface area contributed by atoms with Crippen LogP contribution in [0.5, 0.6) is 0 Å². The Balaban J connectivity index is 1.44. The first-order chi connectivity index (χ1) is 13.7. The number of aromatic nitrogens is 2. The SMILES string of the molecule is CCOC(=O)c1[nH]ncc1CN1CCO[C@H](Cc2cccc3ccccc23)C1. The molecule has 6 nitrogen and oxygen atoms in total. The summed E-state index contributed by atoms with van der Waals surface area (Å²) in [5.41, 5.74) is 2.61. The summed E-state index contributed by atoms with van der Waals surface area (Å²) in [4.78, 5) is 14.4. The predicted octanol–water partition coefficient (Wildman–Crippen LogP) is 3.18. The van der Waals surface area contributed by atoms with Gasteiger partial charge in [0.2, 0.25) is 0 Å². The molecular weight excluding hydrogens is 354 g/mol. The first kappa shape index (κ1) is 18.7. The summed E-state index contributed by atoms with van der Waals surface area (Å²) in [6, 6.07) is 14.9. The average molecular weight is 379 g/mol. The standard InChI is InChI=1S/C22H25N3O3/c1-2-27-22(26)21-18(13-23-24-21)14-25-10-11-28-19(15-25)12-17-8-5-7-16-6-3-4-9-20(16)17/h3-9,13,19H,2,10-12,14-15H2,1H3,(H,23,24)/t19-/m1/s1. The van der Waals surface area contributed by atoms with Crippen molar-refractivity contribution in [1.82, 2.24) is 15.1 Å². The number of hydrogen-bond donors (Lipinski definition) is 1. The first-order valence-corrected chi connectivity index (χ1v) is 9.74. The summed E-state index contributed by atoms with van der Waals surface area (Å²) < 4.78 is 11.1. The fourth-order valence-electron chi connectivity index (χ4n) is 3.82. The Labute approximate surface area is 164 Å². The molecule has 1 atom stereocenters. The Morgan fingerprint density at radius 2 is 2.11 bits per heavy atom. The van der Waals surface area contributed by atoms with E-state index in [-0.39, 0.29) is 12.1 Å². The van der Waals surface area contributed by atoms with E-state index in [0.29, 0.717) is 25.5 Å². The van der Waals surface area contributed by atoms with E-state index in [9.17, 15) is 4.79 Å². The second kappa shape index (κ2) is 8.54. The number of ether oxygens (including phenoxy) is 2. The minimum Gasteiger partial charge on any atom is -0.461 e. The third-order valence-electron chi connectivity index (χ3n) is 5.14. The lowest BCUT2D eigenvalue weighted by atomic mass is 9.99. The molecule has 2 heterocycles. The van der Waals surface area contributed by atoms with Crippen molar-refractivity contribution in [3.05, 3.63) is 65.5 Å². The summed E-state index contributed by atoms with van der Waals surface area (Å²) in [5.74, 6) is -0.351. The first-order valence-electron chi connectivity index (χ1n) is 9.74. The molecule has 0 bridgehead atoms. The molecule has 0 amide bonds. The summed E-state index contributed by atoms with van der Waals surface area (Å²) in [7, 11) is 0. The van der Waals surface area contributed by atoms with Crippen LogP contribution in [0.25, 0.3) is 10.8 Å². The van der Waals surface area contributed by atoms with Crippen LogP contribution in [-0.4, -0.2) is 53.5 Å². The Bertz CT molecular complexity index is 948. The summed E-state index contributed by atoms with van der Waals surface area (Å²) in [5, 5.41) is 9.33. The van der Waals surface area contributed by atoms with Gasteiger partial charge < -0.3 is 9.47 Å². The third-order valence-corrected chi connectivity index (χ3v) is 5.14. The smallest absolute Gasteiger partial charge is 0.356 e. The van der Waals surface area contributed by atoms with Gasteiger partial charge in [0.25, 0.3) is 0 Å². The van der Waals surface area contributed by atoms with Gasteiger partial charge in [-0.3, -0.25) is 10.00 Å². The largest absolute Gasteiger partial charge is 0.461 e. The lowest BCUT2D eigenvalue weighted by molar-refractivity contribution is -0.0304. The summed E-state index contributed by atoms with van der Waals surface area (Å²) >= 11 is 0. The van der Waals surface area contributed by atoms with E-state index in [1.54, 1.807) is 13.1 Å². The maximum atomic E-state index is 12.1. The fourth-order valence-corrected chi connectivity index (χ4v) is 3.82. The minimum absolute atomic E-state index is 0.123. The van der Waals surface area contributed by atoms with Crippen molar-refractivity contribution in [2.24, 2.45) is 0 Å². The maximum Gasteiger partial charge on any atom is 0.356 e. The molecule has 1 N–H and O–H groups in total. The average Bonchev–Trinajstić information content (AvgIpc) is 3.17. The number of nitrogens with zero attached hydrogens (tertiary/aromatic N) is 2. The maximum absolute atomic E-state index is 12.1. The number of nitrogens with one attached hydrogen (secondary N) is 1. The number of carbonyl (C=O) groups is 1. The van der Waals surface area contributed by atoms with Crippen LogP contribution in [0.4, 0.5) is 0 Å². The number of benzene rings is 2. The fraction of sp³-hybridized carbons (Fsp3) is 0.364. The van der Waals surface area contributed by atoms with Crippen molar-refractivity contribution >= 4 is 16.7 Å². The normalized spacial score (nSPS) is 17.7. The van der Waals surface area contributed by atoms with E-state index < -0.39 is 0 Å². The molecule has 1 fully saturated rings. The number of morpholine rings is 1. The number of esters is 1. The van der Waals surface area contributed by atoms with Crippen molar-refractivity contribution in [3.63, 3.8) is 0 Å². The Kier molecular flexibility index (Phi) is 5.69. The molecule has 1 aliphatic rings. The number of carbonyl (C=O) groups excluding carboxylic acids is 1. The van der Waals surface area contributed by atoms with Crippen LogP contribution in [0.15, 0.2) is 48.7 Å². The van der Waals surface area contributed by atoms with E-state index in [2.05, 4.69) is 57.6 Å².